The number of aliphatic carboxylic acids is 1. The van der Waals surface area contributed by atoms with Crippen molar-refractivity contribution in [3.05, 3.63) is 83.4 Å². The van der Waals surface area contributed by atoms with Gasteiger partial charge in [-0.2, -0.15) is 13.2 Å². The number of aliphatic hydroxyl groups is 1. The first-order chi connectivity index (χ1) is 19.8. The van der Waals surface area contributed by atoms with Crippen molar-refractivity contribution in [3.8, 4) is 22.8 Å². The van der Waals surface area contributed by atoms with Gasteiger partial charge in [0.1, 0.15) is 40.5 Å². The number of methoxy groups -OCH3 is 1. The van der Waals surface area contributed by atoms with Gasteiger partial charge in [0, 0.05) is 28.3 Å². The van der Waals surface area contributed by atoms with E-state index in [2.05, 4.69) is 15.3 Å². The van der Waals surface area contributed by atoms with Crippen molar-refractivity contribution in [2.75, 3.05) is 20.3 Å². The minimum Gasteiger partial charge on any atom is -0.494 e. The zero-order valence-electron chi connectivity index (χ0n) is 22.1. The smallest absolute Gasteiger partial charge is 0.424 e. The Balaban J connectivity index is 1.59. The van der Waals surface area contributed by atoms with Crippen molar-refractivity contribution in [1.82, 2.24) is 15.3 Å². The molecule has 3 N–H and O–H groups in total. The number of ether oxygens (including phenoxy) is 2. The number of pyridine rings is 2. The highest BCUT2D eigenvalue weighted by Gasteiger charge is 2.58. The lowest BCUT2D eigenvalue weighted by Crippen LogP contribution is -2.51. The molecule has 0 saturated carbocycles. The molecule has 5 rings (SSSR count). The van der Waals surface area contributed by atoms with Gasteiger partial charge < -0.3 is 25.0 Å². The van der Waals surface area contributed by atoms with Crippen molar-refractivity contribution in [2.24, 2.45) is 0 Å². The molecule has 0 bridgehead atoms. The van der Waals surface area contributed by atoms with Gasteiger partial charge in [-0.1, -0.05) is 6.07 Å². The average Bonchev–Trinajstić information content (AvgIpc) is 3.32. The molecule has 4 aromatic rings. The fraction of sp³-hybridized carbons (Fsp3) is 0.241. The molecule has 1 aliphatic heterocycles. The third-order valence-electron chi connectivity index (χ3n) is 7.21. The molecule has 1 unspecified atom stereocenters. The predicted molar refractivity (Wildman–Crippen MR) is 141 cm³/mol. The molecule has 0 aliphatic carbocycles. The van der Waals surface area contributed by atoms with Crippen molar-refractivity contribution in [2.45, 2.75) is 24.1 Å². The number of halogens is 4. The van der Waals surface area contributed by atoms with E-state index in [1.165, 1.54) is 44.5 Å². The summed E-state index contributed by atoms with van der Waals surface area (Å²) in [6.45, 7) is -0.533. The minimum absolute atomic E-state index is 0.0577. The summed E-state index contributed by atoms with van der Waals surface area (Å²) in [5, 5.41) is 23.6. The van der Waals surface area contributed by atoms with E-state index in [0.29, 0.717) is 10.9 Å². The SMILES string of the molecule is COc1cc(C(=O)NCC(O)(c2cc3c(c(-c4ccc(F)cc4)n2)OC[C@]3(C)C(=O)O)C(F)(F)F)cc2cccnc12. The molecular weight excluding hydrogens is 562 g/mol. The van der Waals surface area contributed by atoms with Crippen LogP contribution in [0.1, 0.15) is 28.5 Å². The predicted octanol–water partition coefficient (Wildman–Crippen LogP) is 4.36. The molecule has 0 fully saturated rings. The lowest BCUT2D eigenvalue weighted by molar-refractivity contribution is -0.265. The van der Waals surface area contributed by atoms with Gasteiger partial charge in [-0.05, 0) is 55.5 Å². The van der Waals surface area contributed by atoms with Gasteiger partial charge in [0.05, 0.1) is 19.3 Å². The Kier molecular flexibility index (Phi) is 7.01. The van der Waals surface area contributed by atoms with Crippen LogP contribution < -0.4 is 14.8 Å². The third-order valence-corrected chi connectivity index (χ3v) is 7.21. The maximum absolute atomic E-state index is 14.6. The summed E-state index contributed by atoms with van der Waals surface area (Å²) in [5.74, 6) is -2.87. The number of carboxylic acid groups (broad SMARTS) is 1. The first kappa shape index (κ1) is 28.7. The van der Waals surface area contributed by atoms with Gasteiger partial charge in [0.2, 0.25) is 5.60 Å². The molecule has 2 atom stereocenters. The summed E-state index contributed by atoms with van der Waals surface area (Å²) in [6.07, 6.45) is -3.87. The number of hydrogen-bond donors (Lipinski definition) is 3. The normalized spacial score (nSPS) is 17.7. The van der Waals surface area contributed by atoms with Crippen LogP contribution in [0.2, 0.25) is 0 Å². The Morgan fingerprint density at radius 3 is 2.50 bits per heavy atom. The minimum atomic E-state index is -5.38. The Labute approximate surface area is 235 Å². The molecule has 218 valence electrons. The van der Waals surface area contributed by atoms with Gasteiger partial charge in [-0.3, -0.25) is 14.6 Å². The van der Waals surface area contributed by atoms with E-state index in [1.807, 2.05) is 0 Å². The first-order valence-corrected chi connectivity index (χ1v) is 12.5. The van der Waals surface area contributed by atoms with E-state index in [0.717, 1.165) is 18.2 Å². The standard InChI is InChI=1S/C29H23F4N3O6/c1-27(26(38)39)14-42-24-19(27)12-21(36-23(24)15-5-7-18(30)8-6-15)28(40,29(31,32)33)13-35-25(37)17-10-16-4-3-9-34-22(16)20(11-17)41-2/h3-12,40H,13-14H2,1-2H3,(H,35,37)(H,38,39)/t27-,28?/m0/s1. The van der Waals surface area contributed by atoms with E-state index in [-0.39, 0.29) is 33.9 Å². The molecule has 9 nitrogen and oxygen atoms in total. The second kappa shape index (κ2) is 10.2. The second-order valence-corrected chi connectivity index (χ2v) is 9.96. The highest BCUT2D eigenvalue weighted by molar-refractivity contribution is 6.00. The average molecular weight is 586 g/mol. The summed E-state index contributed by atoms with van der Waals surface area (Å²) in [4.78, 5) is 33.4. The molecule has 1 amide bonds. The van der Waals surface area contributed by atoms with Crippen LogP contribution in [0.5, 0.6) is 11.5 Å². The van der Waals surface area contributed by atoms with Gasteiger partial charge >= 0.3 is 12.1 Å². The lowest BCUT2D eigenvalue weighted by atomic mass is 9.82. The number of fused-ring (bicyclic) bond motifs is 2. The van der Waals surface area contributed by atoms with Crippen LogP contribution in [0.15, 0.2) is 60.8 Å². The highest BCUT2D eigenvalue weighted by Crippen LogP contribution is 2.48. The van der Waals surface area contributed by atoms with Crippen LogP contribution in [0.4, 0.5) is 17.6 Å². The van der Waals surface area contributed by atoms with Crippen LogP contribution in [0.25, 0.3) is 22.2 Å². The Hall–Kier alpha value is -4.78. The first-order valence-electron chi connectivity index (χ1n) is 12.5. The van der Waals surface area contributed by atoms with Gasteiger partial charge in [0.25, 0.3) is 5.91 Å². The highest BCUT2D eigenvalue weighted by atomic mass is 19.4. The quantitative estimate of drug-likeness (QED) is 0.273. The number of nitrogens with zero attached hydrogens (tertiary/aromatic N) is 2. The number of hydrogen-bond acceptors (Lipinski definition) is 7. The lowest BCUT2D eigenvalue weighted by Gasteiger charge is -2.31. The number of carbonyl (C=O) groups excluding carboxylic acids is 1. The number of nitrogens with one attached hydrogen (secondary N) is 1. The number of rotatable bonds is 7. The van der Waals surface area contributed by atoms with Crippen molar-refractivity contribution >= 4 is 22.8 Å². The van der Waals surface area contributed by atoms with Crippen LogP contribution in [-0.2, 0) is 15.8 Å². The number of carboxylic acids is 1. The molecular formula is C29H23F4N3O6. The fourth-order valence-electron chi connectivity index (χ4n) is 4.67. The fourth-order valence-corrected chi connectivity index (χ4v) is 4.67. The number of amides is 1. The van der Waals surface area contributed by atoms with E-state index in [1.54, 1.807) is 12.1 Å². The summed E-state index contributed by atoms with van der Waals surface area (Å²) in [7, 11) is 1.35. The van der Waals surface area contributed by atoms with E-state index >= 15 is 0 Å². The molecule has 0 radical (unpaired) electrons. The Morgan fingerprint density at radius 2 is 1.86 bits per heavy atom. The summed E-state index contributed by atoms with van der Waals surface area (Å²) in [6, 6.07) is 11.3. The third kappa shape index (κ3) is 4.75. The van der Waals surface area contributed by atoms with Crippen molar-refractivity contribution in [3.63, 3.8) is 0 Å². The molecule has 2 aromatic carbocycles. The zero-order valence-corrected chi connectivity index (χ0v) is 22.1. The van der Waals surface area contributed by atoms with Crippen LogP contribution in [0, 0.1) is 5.82 Å². The molecule has 0 saturated heterocycles. The molecule has 3 heterocycles. The maximum Gasteiger partial charge on any atom is 0.424 e. The number of alkyl halides is 3. The number of benzene rings is 2. The Bertz CT molecular complexity index is 1710. The monoisotopic (exact) mass is 585 g/mol. The van der Waals surface area contributed by atoms with Crippen molar-refractivity contribution < 1.29 is 46.8 Å². The van der Waals surface area contributed by atoms with E-state index < -0.39 is 53.7 Å². The van der Waals surface area contributed by atoms with Crippen molar-refractivity contribution in [1.29, 1.82) is 0 Å². The van der Waals surface area contributed by atoms with Gasteiger partial charge in [-0.15, -0.1) is 0 Å². The molecule has 42 heavy (non-hydrogen) atoms. The summed E-state index contributed by atoms with van der Waals surface area (Å²) >= 11 is 0. The zero-order chi connectivity index (χ0) is 30.4. The van der Waals surface area contributed by atoms with E-state index in [9.17, 15) is 37.4 Å². The van der Waals surface area contributed by atoms with Crippen LogP contribution >= 0.6 is 0 Å². The second-order valence-electron chi connectivity index (χ2n) is 9.96. The van der Waals surface area contributed by atoms with E-state index in [4.69, 9.17) is 9.47 Å². The molecule has 0 spiro atoms. The topological polar surface area (TPSA) is 131 Å². The largest absolute Gasteiger partial charge is 0.494 e. The number of carbonyl (C=O) groups is 2. The molecule has 2 aromatic heterocycles. The number of aromatic nitrogens is 2. The Morgan fingerprint density at radius 1 is 1.14 bits per heavy atom. The van der Waals surface area contributed by atoms with Crippen LogP contribution in [-0.4, -0.2) is 58.5 Å². The van der Waals surface area contributed by atoms with Crippen LogP contribution in [0.3, 0.4) is 0 Å². The molecule has 13 heteroatoms. The van der Waals surface area contributed by atoms with Gasteiger partial charge in [-0.25, -0.2) is 9.37 Å². The van der Waals surface area contributed by atoms with Gasteiger partial charge in [0.15, 0.2) is 0 Å². The molecule has 1 aliphatic rings. The summed E-state index contributed by atoms with van der Waals surface area (Å²) in [5.41, 5.74) is -6.43. The maximum atomic E-state index is 14.6. The summed E-state index contributed by atoms with van der Waals surface area (Å²) < 4.78 is 68.2.